The van der Waals surface area contributed by atoms with E-state index in [0.717, 1.165) is 17.5 Å². The Morgan fingerprint density at radius 3 is 2.05 bits per heavy atom. The van der Waals surface area contributed by atoms with E-state index in [1.54, 1.807) is 0 Å². The maximum absolute atomic E-state index is 14.2. The molecule has 0 radical (unpaired) electrons. The van der Waals surface area contributed by atoms with Gasteiger partial charge in [0, 0.05) is 11.0 Å². The number of unbranched alkanes of at least 4 members (excludes halogenated alkanes) is 5. The van der Waals surface area contributed by atoms with Gasteiger partial charge in [-0.15, -0.1) is 0 Å². The van der Waals surface area contributed by atoms with Crippen molar-refractivity contribution in [1.82, 2.24) is 9.97 Å². The van der Waals surface area contributed by atoms with Crippen LogP contribution in [0.1, 0.15) is 70.3 Å². The van der Waals surface area contributed by atoms with Crippen molar-refractivity contribution in [2.45, 2.75) is 77.1 Å². The molecule has 0 unspecified atom stereocenters. The van der Waals surface area contributed by atoms with Gasteiger partial charge in [0.1, 0.15) is 0 Å². The minimum atomic E-state index is -2.72. The standard InChI is InChI=1S/C32H34F2N2O2/c1-2-3-4-5-6-7-8-22-9-11-23(12-10-22)24-13-15-25(16-14-24)28-35-20-26(21-36-28)38-29(37)27-19-31(27)30(17-18-30)32(31,33)34/h9-16,20-21,27H,2-8,17-19H2,1H3/t27-,31+/m0/s1. The van der Waals surface area contributed by atoms with Gasteiger partial charge in [0.25, 0.3) is 5.92 Å². The summed E-state index contributed by atoms with van der Waals surface area (Å²) in [5.41, 5.74) is 2.47. The van der Waals surface area contributed by atoms with Crippen molar-refractivity contribution in [3.05, 3.63) is 66.5 Å². The molecule has 3 aliphatic rings. The Hall–Kier alpha value is -3.15. The number of carbonyl (C=O) groups is 1. The van der Waals surface area contributed by atoms with Crippen LogP contribution >= 0.6 is 0 Å². The normalized spacial score (nSPS) is 23.4. The first kappa shape index (κ1) is 25.1. The zero-order valence-corrected chi connectivity index (χ0v) is 21.9. The third-order valence-electron chi connectivity index (χ3n) is 9.04. The van der Waals surface area contributed by atoms with Crippen molar-refractivity contribution in [2.24, 2.45) is 16.7 Å². The summed E-state index contributed by atoms with van der Waals surface area (Å²) in [6, 6.07) is 16.8. The number of aryl methyl sites for hydroxylation is 1. The number of alkyl halides is 2. The molecule has 0 N–H and O–H groups in total. The number of carbonyl (C=O) groups excluding carboxylic acids is 1. The Labute approximate surface area is 222 Å². The molecular weight excluding hydrogens is 482 g/mol. The summed E-state index contributed by atoms with van der Waals surface area (Å²) >= 11 is 0. The van der Waals surface area contributed by atoms with Crippen LogP contribution in [0.25, 0.3) is 22.5 Å². The van der Waals surface area contributed by atoms with E-state index in [1.165, 1.54) is 62.0 Å². The lowest BCUT2D eigenvalue weighted by Gasteiger charge is -2.07. The van der Waals surface area contributed by atoms with Crippen molar-refractivity contribution in [2.75, 3.05) is 0 Å². The zero-order valence-electron chi connectivity index (χ0n) is 21.9. The summed E-state index contributed by atoms with van der Waals surface area (Å²) in [7, 11) is 0. The van der Waals surface area contributed by atoms with Crippen LogP contribution in [0.5, 0.6) is 5.75 Å². The lowest BCUT2D eigenvalue weighted by molar-refractivity contribution is -0.136. The molecule has 4 nitrogen and oxygen atoms in total. The summed E-state index contributed by atoms with van der Waals surface area (Å²) in [6.45, 7) is 2.25. The zero-order chi connectivity index (χ0) is 26.4. The molecular formula is C32H34F2N2O2. The molecule has 6 rings (SSSR count). The average molecular weight is 517 g/mol. The van der Waals surface area contributed by atoms with Crippen LogP contribution in [-0.4, -0.2) is 21.9 Å². The van der Waals surface area contributed by atoms with Crippen LogP contribution < -0.4 is 4.74 Å². The van der Waals surface area contributed by atoms with E-state index in [0.29, 0.717) is 18.7 Å². The van der Waals surface area contributed by atoms with Crippen LogP contribution in [0.4, 0.5) is 8.78 Å². The number of nitrogens with zero attached hydrogens (tertiary/aromatic N) is 2. The van der Waals surface area contributed by atoms with E-state index >= 15 is 0 Å². The van der Waals surface area contributed by atoms with Gasteiger partial charge in [-0.1, -0.05) is 87.6 Å². The van der Waals surface area contributed by atoms with Crippen LogP contribution in [0, 0.1) is 16.7 Å². The number of rotatable bonds is 11. The van der Waals surface area contributed by atoms with Crippen LogP contribution in [0.15, 0.2) is 60.9 Å². The van der Waals surface area contributed by atoms with Crippen molar-refractivity contribution >= 4 is 5.97 Å². The second-order valence-corrected chi connectivity index (χ2v) is 11.3. The fourth-order valence-electron chi connectivity index (χ4n) is 6.50. The maximum atomic E-state index is 14.2. The first-order valence-corrected chi connectivity index (χ1v) is 14.0. The van der Waals surface area contributed by atoms with E-state index in [9.17, 15) is 13.6 Å². The molecule has 0 aliphatic heterocycles. The van der Waals surface area contributed by atoms with Crippen LogP contribution in [0.2, 0.25) is 0 Å². The number of fused-ring (bicyclic) bond motifs is 1. The van der Waals surface area contributed by atoms with Gasteiger partial charge in [-0.25, -0.2) is 18.7 Å². The first-order chi connectivity index (χ1) is 18.4. The number of benzene rings is 2. The average Bonchev–Trinajstić information content (AvgIpc) is 3.86. The molecule has 2 spiro atoms. The molecule has 3 saturated carbocycles. The Kier molecular flexibility index (Phi) is 6.32. The smallest absolute Gasteiger partial charge is 0.315 e. The van der Waals surface area contributed by atoms with Gasteiger partial charge in [0.15, 0.2) is 11.6 Å². The highest BCUT2D eigenvalue weighted by Crippen LogP contribution is 2.97. The highest BCUT2D eigenvalue weighted by Gasteiger charge is 3.04. The number of aromatic nitrogens is 2. The molecule has 1 heterocycles. The molecule has 6 heteroatoms. The lowest BCUT2D eigenvalue weighted by atomic mass is 10.00. The monoisotopic (exact) mass is 516 g/mol. The molecule has 198 valence electrons. The number of hydrogen-bond acceptors (Lipinski definition) is 4. The molecule has 0 amide bonds. The van der Waals surface area contributed by atoms with Gasteiger partial charge >= 0.3 is 5.97 Å². The molecule has 2 aromatic carbocycles. The third kappa shape index (κ3) is 4.13. The molecule has 3 fully saturated rings. The molecule has 38 heavy (non-hydrogen) atoms. The van der Waals surface area contributed by atoms with Crippen molar-refractivity contribution < 1.29 is 18.3 Å². The Bertz CT molecular complexity index is 1290. The summed E-state index contributed by atoms with van der Waals surface area (Å²) in [6.07, 6.45) is 13.1. The van der Waals surface area contributed by atoms with Crippen molar-refractivity contribution in [1.29, 1.82) is 0 Å². The quantitative estimate of drug-likeness (QED) is 0.191. The third-order valence-corrected chi connectivity index (χ3v) is 9.04. The van der Waals surface area contributed by atoms with E-state index in [4.69, 9.17) is 4.74 Å². The Balaban J connectivity index is 1.01. The second kappa shape index (κ2) is 9.55. The van der Waals surface area contributed by atoms with Gasteiger partial charge in [0.2, 0.25) is 0 Å². The molecule has 1 aromatic heterocycles. The van der Waals surface area contributed by atoms with Gasteiger partial charge in [-0.3, -0.25) is 4.79 Å². The van der Waals surface area contributed by atoms with Crippen LogP contribution in [0.3, 0.4) is 0 Å². The molecule has 0 saturated heterocycles. The molecule has 0 bridgehead atoms. The first-order valence-electron chi connectivity index (χ1n) is 14.0. The summed E-state index contributed by atoms with van der Waals surface area (Å²) in [5, 5.41) is 0. The van der Waals surface area contributed by atoms with Gasteiger partial charge < -0.3 is 4.74 Å². The summed E-state index contributed by atoms with van der Waals surface area (Å²) in [5.74, 6) is -3.32. The van der Waals surface area contributed by atoms with E-state index < -0.39 is 28.6 Å². The molecule has 3 aromatic rings. The van der Waals surface area contributed by atoms with Crippen molar-refractivity contribution in [3.63, 3.8) is 0 Å². The molecule has 2 atom stereocenters. The van der Waals surface area contributed by atoms with Crippen molar-refractivity contribution in [3.8, 4) is 28.3 Å². The van der Waals surface area contributed by atoms with Gasteiger partial charge in [-0.2, -0.15) is 0 Å². The SMILES string of the molecule is CCCCCCCCc1ccc(-c2ccc(-c3ncc(OC(=O)[C@@H]4C[C@@]45C(F)(F)C54CC4)cn3)cc2)cc1. The predicted molar refractivity (Wildman–Crippen MR) is 143 cm³/mol. The number of ether oxygens (including phenoxy) is 1. The van der Waals surface area contributed by atoms with E-state index in [2.05, 4.69) is 41.2 Å². The fraction of sp³-hybridized carbons (Fsp3) is 0.469. The number of halogens is 2. The van der Waals surface area contributed by atoms with E-state index in [1.807, 2.05) is 24.3 Å². The number of esters is 1. The maximum Gasteiger partial charge on any atom is 0.315 e. The Morgan fingerprint density at radius 2 is 1.45 bits per heavy atom. The lowest BCUT2D eigenvalue weighted by Crippen LogP contribution is -2.14. The highest BCUT2D eigenvalue weighted by molar-refractivity contribution is 5.82. The second-order valence-electron chi connectivity index (χ2n) is 11.3. The van der Waals surface area contributed by atoms with Gasteiger partial charge in [0.05, 0.1) is 23.7 Å². The summed E-state index contributed by atoms with van der Waals surface area (Å²) < 4.78 is 33.8. The highest BCUT2D eigenvalue weighted by atomic mass is 19.3. The van der Waals surface area contributed by atoms with Gasteiger partial charge in [-0.05, 0) is 48.8 Å². The minimum Gasteiger partial charge on any atom is -0.423 e. The molecule has 3 aliphatic carbocycles. The van der Waals surface area contributed by atoms with Crippen LogP contribution in [-0.2, 0) is 11.2 Å². The largest absolute Gasteiger partial charge is 0.423 e. The topological polar surface area (TPSA) is 52.1 Å². The predicted octanol–water partition coefficient (Wildman–Crippen LogP) is 8.05. The summed E-state index contributed by atoms with van der Waals surface area (Å²) in [4.78, 5) is 21.1. The minimum absolute atomic E-state index is 0.187. The number of hydrogen-bond donors (Lipinski definition) is 0. The Morgan fingerprint density at radius 1 is 0.868 bits per heavy atom. The fourth-order valence-corrected chi connectivity index (χ4v) is 6.50. The van der Waals surface area contributed by atoms with E-state index in [-0.39, 0.29) is 12.2 Å².